The molecule has 0 saturated carbocycles. The first kappa shape index (κ1) is 21.3. The van der Waals surface area contributed by atoms with Gasteiger partial charge in [0.25, 0.3) is 5.91 Å². The fraction of sp³-hybridized carbons (Fsp3) is 0.360. The van der Waals surface area contributed by atoms with Crippen LogP contribution in [0.5, 0.6) is 0 Å². The van der Waals surface area contributed by atoms with Gasteiger partial charge in [0.05, 0.1) is 24.6 Å². The van der Waals surface area contributed by atoms with E-state index in [1.54, 1.807) is 6.07 Å². The zero-order valence-electron chi connectivity index (χ0n) is 18.2. The van der Waals surface area contributed by atoms with Crippen LogP contribution in [0.4, 0.5) is 0 Å². The Morgan fingerprint density at radius 2 is 1.74 bits per heavy atom. The van der Waals surface area contributed by atoms with Gasteiger partial charge in [0, 0.05) is 25.7 Å². The maximum Gasteiger partial charge on any atom is 0.287 e. The van der Waals surface area contributed by atoms with Crippen LogP contribution in [0.25, 0.3) is 11.0 Å². The molecule has 0 bridgehead atoms. The Morgan fingerprint density at radius 3 is 2.45 bits per heavy atom. The van der Waals surface area contributed by atoms with Gasteiger partial charge in [0.15, 0.2) is 11.2 Å². The van der Waals surface area contributed by atoms with Crippen molar-refractivity contribution in [3.63, 3.8) is 0 Å². The number of hydrogen-bond acceptors (Lipinski definition) is 5. The number of fused-ring (bicyclic) bond motifs is 1. The van der Waals surface area contributed by atoms with Gasteiger partial charge >= 0.3 is 0 Å². The summed E-state index contributed by atoms with van der Waals surface area (Å²) in [4.78, 5) is 27.8. The van der Waals surface area contributed by atoms with E-state index in [0.29, 0.717) is 30.7 Å². The lowest BCUT2D eigenvalue weighted by molar-refractivity contribution is 0.0161. The van der Waals surface area contributed by atoms with Gasteiger partial charge in [-0.25, -0.2) is 0 Å². The number of morpholine rings is 1. The minimum atomic E-state index is -0.386. The summed E-state index contributed by atoms with van der Waals surface area (Å²) in [6.07, 6.45) is 0. The first-order valence-corrected chi connectivity index (χ1v) is 10.6. The van der Waals surface area contributed by atoms with E-state index in [1.165, 1.54) is 11.6 Å². The molecule has 0 radical (unpaired) electrons. The van der Waals surface area contributed by atoms with Crippen LogP contribution in [0.15, 0.2) is 51.7 Å². The first-order chi connectivity index (χ1) is 14.9. The van der Waals surface area contributed by atoms with Crippen molar-refractivity contribution in [3.05, 3.63) is 80.7 Å². The number of benzene rings is 2. The molecule has 1 aliphatic heterocycles. The molecular formula is C25H28N2O4. The predicted octanol–water partition coefficient (Wildman–Crippen LogP) is 3.52. The highest BCUT2D eigenvalue weighted by atomic mass is 16.5. The molecule has 1 aromatic heterocycles. The molecule has 4 rings (SSSR count). The van der Waals surface area contributed by atoms with E-state index in [-0.39, 0.29) is 23.1 Å². The number of rotatable bonds is 5. The lowest BCUT2D eigenvalue weighted by atomic mass is 10.0. The highest BCUT2D eigenvalue weighted by molar-refractivity contribution is 5.93. The largest absolute Gasteiger partial charge is 0.451 e. The van der Waals surface area contributed by atoms with E-state index in [2.05, 4.69) is 41.4 Å². The molecule has 2 aromatic carbocycles. The second-order valence-corrected chi connectivity index (χ2v) is 8.21. The maximum atomic E-state index is 12.9. The molecular weight excluding hydrogens is 392 g/mol. The first-order valence-electron chi connectivity index (χ1n) is 10.6. The molecule has 1 N–H and O–H groups in total. The van der Waals surface area contributed by atoms with E-state index >= 15 is 0 Å². The van der Waals surface area contributed by atoms with E-state index in [1.807, 2.05) is 19.9 Å². The number of nitrogens with zero attached hydrogens (tertiary/aromatic N) is 1. The third-order valence-corrected chi connectivity index (χ3v) is 5.80. The number of carbonyl (C=O) groups excluding carboxylic acids is 1. The van der Waals surface area contributed by atoms with Crippen molar-refractivity contribution >= 4 is 16.9 Å². The highest BCUT2D eigenvalue weighted by Gasteiger charge is 2.24. The number of nitrogens with one attached hydrogen (secondary N) is 1. The number of carbonyl (C=O) groups is 1. The normalized spacial score (nSPS) is 15.7. The number of aryl methyl sites for hydroxylation is 3. The van der Waals surface area contributed by atoms with Crippen LogP contribution < -0.4 is 10.7 Å². The lowest BCUT2D eigenvalue weighted by Gasteiger charge is -2.35. The van der Waals surface area contributed by atoms with Crippen LogP contribution in [0.2, 0.25) is 0 Å². The Hall–Kier alpha value is -2.96. The molecule has 162 valence electrons. The van der Waals surface area contributed by atoms with Gasteiger partial charge in [-0.15, -0.1) is 0 Å². The molecule has 3 aromatic rings. The summed E-state index contributed by atoms with van der Waals surface area (Å²) in [6.45, 7) is 9.24. The maximum absolute atomic E-state index is 12.9. The van der Waals surface area contributed by atoms with Gasteiger partial charge in [-0.3, -0.25) is 14.5 Å². The SMILES string of the molecule is Cc1ccc(C(CNC(=O)c2cc(=O)c3c(C)cc(C)cc3o2)N2CCOCC2)cc1. The summed E-state index contributed by atoms with van der Waals surface area (Å²) in [6, 6.07) is 13.4. The Kier molecular flexibility index (Phi) is 6.20. The van der Waals surface area contributed by atoms with Crippen molar-refractivity contribution in [2.24, 2.45) is 0 Å². The quantitative estimate of drug-likeness (QED) is 0.684. The molecule has 2 heterocycles. The Morgan fingerprint density at radius 1 is 1.03 bits per heavy atom. The van der Waals surface area contributed by atoms with Crippen molar-refractivity contribution in [2.45, 2.75) is 26.8 Å². The zero-order chi connectivity index (χ0) is 22.0. The van der Waals surface area contributed by atoms with Gasteiger partial charge < -0.3 is 14.5 Å². The van der Waals surface area contributed by atoms with Crippen molar-refractivity contribution in [1.82, 2.24) is 10.2 Å². The third-order valence-electron chi connectivity index (χ3n) is 5.80. The Balaban J connectivity index is 1.57. The minimum Gasteiger partial charge on any atom is -0.451 e. The van der Waals surface area contributed by atoms with Crippen LogP contribution in [0.1, 0.15) is 38.9 Å². The van der Waals surface area contributed by atoms with Crippen LogP contribution in [-0.2, 0) is 4.74 Å². The average molecular weight is 421 g/mol. The van der Waals surface area contributed by atoms with Gasteiger partial charge in [0.1, 0.15) is 5.58 Å². The molecule has 31 heavy (non-hydrogen) atoms. The summed E-state index contributed by atoms with van der Waals surface area (Å²) in [7, 11) is 0. The van der Waals surface area contributed by atoms with Gasteiger partial charge in [-0.2, -0.15) is 0 Å². The van der Waals surface area contributed by atoms with E-state index in [4.69, 9.17) is 9.15 Å². The number of ether oxygens (including phenoxy) is 1. The summed E-state index contributed by atoms with van der Waals surface area (Å²) >= 11 is 0. The van der Waals surface area contributed by atoms with Gasteiger partial charge in [-0.1, -0.05) is 35.9 Å². The molecule has 0 spiro atoms. The van der Waals surface area contributed by atoms with Crippen LogP contribution in [-0.4, -0.2) is 43.7 Å². The van der Waals surface area contributed by atoms with E-state index in [9.17, 15) is 9.59 Å². The van der Waals surface area contributed by atoms with Crippen molar-refractivity contribution < 1.29 is 13.9 Å². The molecule has 0 aliphatic carbocycles. The predicted molar refractivity (Wildman–Crippen MR) is 121 cm³/mol. The van der Waals surface area contributed by atoms with Crippen molar-refractivity contribution in [2.75, 3.05) is 32.8 Å². The molecule has 1 aliphatic rings. The Bertz CT molecular complexity index is 1140. The molecule has 1 amide bonds. The number of amides is 1. The second-order valence-electron chi connectivity index (χ2n) is 8.21. The fourth-order valence-corrected chi connectivity index (χ4v) is 4.19. The molecule has 1 unspecified atom stereocenters. The second kappa shape index (κ2) is 9.04. The van der Waals surface area contributed by atoms with Gasteiger partial charge in [0.2, 0.25) is 0 Å². The standard InChI is InChI=1S/C25H28N2O4/c1-16-4-6-19(7-5-16)20(27-8-10-30-11-9-27)15-26-25(29)23-14-21(28)24-18(3)12-17(2)13-22(24)31-23/h4-7,12-14,20H,8-11,15H2,1-3H3,(H,26,29). The monoisotopic (exact) mass is 420 g/mol. The van der Waals surface area contributed by atoms with E-state index < -0.39 is 0 Å². The topological polar surface area (TPSA) is 71.8 Å². The zero-order valence-corrected chi connectivity index (χ0v) is 18.2. The molecule has 6 nitrogen and oxygen atoms in total. The van der Waals surface area contributed by atoms with Crippen LogP contribution >= 0.6 is 0 Å². The Labute approximate surface area is 181 Å². The third kappa shape index (κ3) is 4.70. The van der Waals surface area contributed by atoms with Gasteiger partial charge in [-0.05, 0) is 43.5 Å². The molecule has 1 saturated heterocycles. The van der Waals surface area contributed by atoms with Crippen LogP contribution in [0, 0.1) is 20.8 Å². The van der Waals surface area contributed by atoms with Crippen molar-refractivity contribution in [3.8, 4) is 0 Å². The number of hydrogen-bond donors (Lipinski definition) is 1. The highest BCUT2D eigenvalue weighted by Crippen LogP contribution is 2.23. The summed E-state index contributed by atoms with van der Waals surface area (Å²) in [5.41, 5.74) is 4.40. The van der Waals surface area contributed by atoms with Crippen molar-refractivity contribution in [1.29, 1.82) is 0 Å². The molecule has 6 heteroatoms. The molecule has 1 fully saturated rings. The van der Waals surface area contributed by atoms with Crippen LogP contribution in [0.3, 0.4) is 0 Å². The average Bonchev–Trinajstić information content (AvgIpc) is 2.75. The van der Waals surface area contributed by atoms with E-state index in [0.717, 1.165) is 29.8 Å². The minimum absolute atomic E-state index is 0.0186. The summed E-state index contributed by atoms with van der Waals surface area (Å²) in [5.74, 6) is -0.351. The smallest absolute Gasteiger partial charge is 0.287 e. The summed E-state index contributed by atoms with van der Waals surface area (Å²) in [5, 5.41) is 3.50. The summed E-state index contributed by atoms with van der Waals surface area (Å²) < 4.78 is 11.3. The lowest BCUT2D eigenvalue weighted by Crippen LogP contribution is -2.43. The molecule has 1 atom stereocenters. The fourth-order valence-electron chi connectivity index (χ4n) is 4.19.